The van der Waals surface area contributed by atoms with Gasteiger partial charge in [-0.05, 0) is 0 Å². The number of aromatic carboxylic acids is 1. The Hall–Kier alpha value is -1.05. The van der Waals surface area contributed by atoms with E-state index in [0.717, 1.165) is 0 Å². The topological polar surface area (TPSA) is 74.6 Å². The van der Waals surface area contributed by atoms with Crippen molar-refractivity contribution < 1.29 is 19.8 Å². The summed E-state index contributed by atoms with van der Waals surface area (Å²) in [7, 11) is 0. The fourth-order valence-electron chi connectivity index (χ4n) is 0.909. The molecule has 14 heavy (non-hydrogen) atoms. The van der Waals surface area contributed by atoms with Crippen LogP contribution in [0.25, 0.3) is 0 Å². The molecule has 1 aromatic rings. The number of carbonyl (C=O) groups is 2. The number of carboxylic acid groups (broad SMARTS) is 2. The number of benzene rings is 1. The average molecular weight is 308 g/mol. The van der Waals surface area contributed by atoms with E-state index in [2.05, 4.69) is 0 Å². The second kappa shape index (κ2) is 4.99. The van der Waals surface area contributed by atoms with Gasteiger partial charge in [-0.2, -0.15) is 0 Å². The number of aliphatic carboxylic acids is 1. The van der Waals surface area contributed by atoms with Crippen molar-refractivity contribution in [3.05, 3.63) is 29.8 Å². The second-order valence-corrected chi connectivity index (χ2v) is 5.39. The SMILES string of the molecule is O=C(O)C[Te]c1ccccc1C(=O)O. The maximum absolute atomic E-state index is 10.7. The molecule has 0 spiro atoms. The Morgan fingerprint density at radius 3 is 2.43 bits per heavy atom. The molecule has 0 saturated heterocycles. The fourth-order valence-corrected chi connectivity index (χ4v) is 3.09. The summed E-state index contributed by atoms with van der Waals surface area (Å²) in [4.78, 5) is 21.1. The molecule has 0 atom stereocenters. The molecule has 0 aliphatic rings. The summed E-state index contributed by atoms with van der Waals surface area (Å²) < 4.78 is 0.766. The monoisotopic (exact) mass is 310 g/mol. The first-order valence-electron chi connectivity index (χ1n) is 3.78. The van der Waals surface area contributed by atoms with E-state index in [4.69, 9.17) is 10.2 Å². The van der Waals surface area contributed by atoms with Gasteiger partial charge in [0.05, 0.1) is 0 Å². The molecule has 0 aromatic heterocycles. The molecule has 0 bridgehead atoms. The summed E-state index contributed by atoms with van der Waals surface area (Å²) >= 11 is -0.930. The molecule has 0 saturated carbocycles. The Labute approximate surface area is 90.6 Å². The Morgan fingerprint density at radius 1 is 1.21 bits per heavy atom. The molecule has 5 heteroatoms. The summed E-state index contributed by atoms with van der Waals surface area (Å²) in [5.41, 5.74) is 0.233. The van der Waals surface area contributed by atoms with Crippen LogP contribution in [0.15, 0.2) is 24.3 Å². The predicted octanol–water partition coefficient (Wildman–Crippen LogP) is 0.217. The molecule has 0 fully saturated rings. The van der Waals surface area contributed by atoms with Crippen molar-refractivity contribution in [3.63, 3.8) is 0 Å². The van der Waals surface area contributed by atoms with E-state index in [1.807, 2.05) is 0 Å². The summed E-state index contributed by atoms with van der Waals surface area (Å²) in [6, 6.07) is 6.56. The van der Waals surface area contributed by atoms with Crippen LogP contribution in [-0.2, 0) is 4.79 Å². The van der Waals surface area contributed by atoms with Crippen LogP contribution < -0.4 is 3.61 Å². The van der Waals surface area contributed by atoms with Crippen LogP contribution in [-0.4, -0.2) is 43.1 Å². The van der Waals surface area contributed by atoms with Gasteiger partial charge < -0.3 is 0 Å². The van der Waals surface area contributed by atoms with Crippen LogP contribution in [0.1, 0.15) is 10.4 Å². The Kier molecular flexibility index (Phi) is 3.93. The Bertz CT molecular complexity index is 362. The number of hydrogen-bond donors (Lipinski definition) is 2. The van der Waals surface area contributed by atoms with Crippen molar-refractivity contribution in [2.75, 3.05) is 0 Å². The van der Waals surface area contributed by atoms with Gasteiger partial charge in [0.2, 0.25) is 0 Å². The van der Waals surface area contributed by atoms with Gasteiger partial charge in [-0.15, -0.1) is 0 Å². The molecule has 0 radical (unpaired) electrons. The average Bonchev–Trinajstić information content (AvgIpc) is 2.15. The van der Waals surface area contributed by atoms with Gasteiger partial charge in [-0.3, -0.25) is 0 Å². The zero-order valence-electron chi connectivity index (χ0n) is 7.14. The second-order valence-electron chi connectivity index (χ2n) is 2.48. The van der Waals surface area contributed by atoms with Gasteiger partial charge in [0, 0.05) is 0 Å². The molecule has 0 heterocycles. The van der Waals surface area contributed by atoms with E-state index in [9.17, 15) is 9.59 Å². The van der Waals surface area contributed by atoms with E-state index in [0.29, 0.717) is 3.61 Å². The van der Waals surface area contributed by atoms with Crippen LogP contribution in [0.4, 0.5) is 0 Å². The van der Waals surface area contributed by atoms with E-state index >= 15 is 0 Å². The van der Waals surface area contributed by atoms with Gasteiger partial charge in [-0.25, -0.2) is 0 Å². The predicted molar refractivity (Wildman–Crippen MR) is 51.2 cm³/mol. The fraction of sp³-hybridized carbons (Fsp3) is 0.111. The zero-order valence-corrected chi connectivity index (χ0v) is 9.47. The molecule has 0 aliphatic carbocycles. The molecule has 74 valence electrons. The van der Waals surface area contributed by atoms with Gasteiger partial charge in [0.1, 0.15) is 0 Å². The third-order valence-corrected chi connectivity index (χ3v) is 4.49. The first kappa shape index (κ1) is 11.0. The molecule has 4 nitrogen and oxygen atoms in total. The number of rotatable bonds is 4. The van der Waals surface area contributed by atoms with Crippen molar-refractivity contribution in [2.24, 2.45) is 0 Å². The minimum atomic E-state index is -0.990. The number of carboxylic acids is 2. The van der Waals surface area contributed by atoms with Crippen LogP contribution in [0, 0.1) is 0 Å². The van der Waals surface area contributed by atoms with Crippen LogP contribution in [0.3, 0.4) is 0 Å². The molecular formula is C9H8O4Te. The van der Waals surface area contributed by atoms with Gasteiger partial charge in [0.15, 0.2) is 0 Å². The Balaban J connectivity index is 2.84. The van der Waals surface area contributed by atoms with E-state index < -0.39 is 32.9 Å². The maximum atomic E-state index is 10.7. The van der Waals surface area contributed by atoms with Gasteiger partial charge in [-0.1, -0.05) is 0 Å². The summed E-state index contributed by atoms with van der Waals surface area (Å²) in [5.74, 6) is -1.86. The summed E-state index contributed by atoms with van der Waals surface area (Å²) in [6.07, 6.45) is 0. The van der Waals surface area contributed by atoms with Crippen LogP contribution in [0.5, 0.6) is 0 Å². The van der Waals surface area contributed by atoms with Crippen molar-refractivity contribution in [2.45, 2.75) is 4.47 Å². The third kappa shape index (κ3) is 3.02. The van der Waals surface area contributed by atoms with Crippen LogP contribution in [0.2, 0.25) is 4.47 Å². The van der Waals surface area contributed by atoms with Crippen molar-refractivity contribution in [1.29, 1.82) is 0 Å². The number of hydrogen-bond acceptors (Lipinski definition) is 2. The van der Waals surface area contributed by atoms with E-state index in [1.165, 1.54) is 6.07 Å². The molecular weight excluding hydrogens is 300 g/mol. The van der Waals surface area contributed by atoms with Crippen molar-refractivity contribution in [1.82, 2.24) is 0 Å². The van der Waals surface area contributed by atoms with Gasteiger partial charge >= 0.3 is 90.6 Å². The van der Waals surface area contributed by atoms with E-state index in [-0.39, 0.29) is 10.0 Å². The normalized spacial score (nSPS) is 9.71. The van der Waals surface area contributed by atoms with E-state index in [1.54, 1.807) is 18.2 Å². The molecule has 0 unspecified atom stereocenters. The van der Waals surface area contributed by atoms with Crippen molar-refractivity contribution in [3.8, 4) is 0 Å². The summed E-state index contributed by atoms with van der Waals surface area (Å²) in [6.45, 7) is 0. The molecule has 2 N–H and O–H groups in total. The third-order valence-electron chi connectivity index (χ3n) is 1.47. The van der Waals surface area contributed by atoms with Crippen molar-refractivity contribution >= 4 is 36.5 Å². The standard InChI is InChI=1S/C9H8O4Te/c10-8(11)5-14-7-4-2-1-3-6(7)9(12)13/h1-4H,5H2,(H,10,11)(H,12,13). The molecule has 1 aromatic carbocycles. The molecule has 1 rings (SSSR count). The van der Waals surface area contributed by atoms with Gasteiger partial charge in [0.25, 0.3) is 0 Å². The zero-order chi connectivity index (χ0) is 10.6. The molecule has 0 amide bonds. The summed E-state index contributed by atoms with van der Waals surface area (Å²) in [5, 5.41) is 17.3. The first-order chi connectivity index (χ1) is 6.61. The minimum absolute atomic E-state index is 0.0787. The quantitative estimate of drug-likeness (QED) is 0.780. The molecule has 0 aliphatic heterocycles. The van der Waals surface area contributed by atoms with Crippen LogP contribution >= 0.6 is 0 Å². The first-order valence-corrected chi connectivity index (χ1v) is 6.59. The Morgan fingerprint density at radius 2 is 1.86 bits per heavy atom.